The van der Waals surface area contributed by atoms with Crippen LogP contribution in [-0.4, -0.2) is 48.0 Å². The van der Waals surface area contributed by atoms with Crippen LogP contribution in [0.4, 0.5) is 0 Å². The van der Waals surface area contributed by atoms with E-state index < -0.39 is 0 Å². The average Bonchev–Trinajstić information content (AvgIpc) is 3.21. The molecule has 0 unspecified atom stereocenters. The Kier molecular flexibility index (Phi) is 5.59. The lowest BCUT2D eigenvalue weighted by molar-refractivity contribution is 0.0948. The number of aromatic nitrogens is 6. The Morgan fingerprint density at radius 1 is 1.40 bits per heavy atom. The third-order valence-corrected chi connectivity index (χ3v) is 5.50. The highest BCUT2D eigenvalue weighted by molar-refractivity contribution is 8.01. The molecule has 0 radical (unpaired) electrons. The number of hydrogen-bond donors (Lipinski definition) is 1. The van der Waals surface area contributed by atoms with Crippen LogP contribution in [0.1, 0.15) is 47.4 Å². The Hall–Kier alpha value is -2.07. The van der Waals surface area contributed by atoms with Crippen molar-refractivity contribution >= 4 is 34.8 Å². The topological polar surface area (TPSA) is 98.0 Å². The van der Waals surface area contributed by atoms with E-state index in [0.717, 1.165) is 27.2 Å². The van der Waals surface area contributed by atoms with E-state index in [0.29, 0.717) is 18.0 Å². The van der Waals surface area contributed by atoms with E-state index in [1.807, 2.05) is 20.8 Å². The second-order valence-electron chi connectivity index (χ2n) is 5.74. The van der Waals surface area contributed by atoms with Gasteiger partial charge in [0.1, 0.15) is 17.0 Å². The zero-order chi connectivity index (χ0) is 17.8. The molecule has 1 amide bonds. The Morgan fingerprint density at radius 2 is 2.24 bits per heavy atom. The van der Waals surface area contributed by atoms with Crippen molar-refractivity contribution < 1.29 is 4.79 Å². The summed E-state index contributed by atoms with van der Waals surface area (Å²) in [5.74, 6) is 1.34. The van der Waals surface area contributed by atoms with Gasteiger partial charge in [-0.15, -0.1) is 10.2 Å². The number of hydrogen-bond acceptors (Lipinski definition) is 8. The Labute approximate surface area is 153 Å². The van der Waals surface area contributed by atoms with E-state index in [2.05, 4.69) is 30.6 Å². The van der Waals surface area contributed by atoms with Crippen molar-refractivity contribution in [3.63, 3.8) is 0 Å². The summed E-state index contributed by atoms with van der Waals surface area (Å²) >= 11 is 3.24. The number of rotatable bonds is 7. The zero-order valence-corrected chi connectivity index (χ0v) is 15.9. The molecule has 3 aromatic heterocycles. The summed E-state index contributed by atoms with van der Waals surface area (Å²) in [6.07, 6.45) is 2.29. The average molecular weight is 377 g/mol. The molecule has 0 saturated heterocycles. The van der Waals surface area contributed by atoms with Crippen LogP contribution in [0.5, 0.6) is 0 Å². The van der Waals surface area contributed by atoms with Crippen molar-refractivity contribution in [2.75, 3.05) is 12.3 Å². The lowest BCUT2D eigenvalue weighted by atomic mass is 10.1. The number of amides is 1. The molecule has 0 aliphatic carbocycles. The van der Waals surface area contributed by atoms with Crippen molar-refractivity contribution in [1.82, 2.24) is 35.1 Å². The Bertz CT molecular complexity index is 874. The number of nitrogens with one attached hydrogen (secondary N) is 1. The highest BCUT2D eigenvalue weighted by Crippen LogP contribution is 2.22. The van der Waals surface area contributed by atoms with Gasteiger partial charge in [-0.3, -0.25) is 4.79 Å². The van der Waals surface area contributed by atoms with Crippen LogP contribution in [-0.2, 0) is 0 Å². The lowest BCUT2D eigenvalue weighted by Gasteiger charge is -2.10. The molecule has 10 heteroatoms. The predicted octanol–water partition coefficient (Wildman–Crippen LogP) is 2.32. The molecule has 0 bridgehead atoms. The monoisotopic (exact) mass is 377 g/mol. The van der Waals surface area contributed by atoms with Crippen LogP contribution in [0, 0.1) is 6.92 Å². The molecule has 1 N–H and O–H groups in total. The summed E-state index contributed by atoms with van der Waals surface area (Å²) in [6, 6.07) is 1.78. The molecule has 0 spiro atoms. The first kappa shape index (κ1) is 17.7. The number of fused-ring (bicyclic) bond motifs is 1. The molecule has 0 aliphatic heterocycles. The molecule has 0 atom stereocenters. The SMILES string of the molecule is Cc1nnc(SCCCNC(=O)c2cc(C(C)C)n3ncnc3n2)s1. The van der Waals surface area contributed by atoms with Crippen molar-refractivity contribution in [3.8, 4) is 0 Å². The van der Waals surface area contributed by atoms with Gasteiger partial charge in [0.15, 0.2) is 4.34 Å². The molecule has 132 valence electrons. The molecule has 8 nitrogen and oxygen atoms in total. The smallest absolute Gasteiger partial charge is 0.270 e. The van der Waals surface area contributed by atoms with Gasteiger partial charge in [0.05, 0.1) is 5.69 Å². The predicted molar refractivity (Wildman–Crippen MR) is 97.2 cm³/mol. The normalized spacial score (nSPS) is 11.4. The van der Waals surface area contributed by atoms with Crippen molar-refractivity contribution in [2.24, 2.45) is 0 Å². The molecule has 25 heavy (non-hydrogen) atoms. The number of carbonyl (C=O) groups excluding carboxylic acids is 1. The minimum atomic E-state index is -0.191. The van der Waals surface area contributed by atoms with Crippen LogP contribution in [0.15, 0.2) is 16.7 Å². The van der Waals surface area contributed by atoms with E-state index in [1.165, 1.54) is 6.33 Å². The lowest BCUT2D eigenvalue weighted by Crippen LogP contribution is -2.26. The van der Waals surface area contributed by atoms with Crippen LogP contribution >= 0.6 is 23.1 Å². The highest BCUT2D eigenvalue weighted by Gasteiger charge is 2.15. The Balaban J connectivity index is 1.55. The van der Waals surface area contributed by atoms with E-state index >= 15 is 0 Å². The first-order valence-electron chi connectivity index (χ1n) is 7.96. The molecule has 0 aliphatic rings. The maximum absolute atomic E-state index is 12.4. The molecular weight excluding hydrogens is 358 g/mol. The van der Waals surface area contributed by atoms with Gasteiger partial charge < -0.3 is 5.32 Å². The van der Waals surface area contributed by atoms with Crippen molar-refractivity contribution in [2.45, 2.75) is 37.4 Å². The third-order valence-electron chi connectivity index (χ3n) is 3.44. The maximum atomic E-state index is 12.4. The third kappa shape index (κ3) is 4.31. The summed E-state index contributed by atoms with van der Waals surface area (Å²) in [6.45, 7) is 6.61. The van der Waals surface area contributed by atoms with Gasteiger partial charge in [0, 0.05) is 12.3 Å². The zero-order valence-electron chi connectivity index (χ0n) is 14.3. The Morgan fingerprint density at radius 3 is 2.96 bits per heavy atom. The molecule has 0 aromatic carbocycles. The number of aryl methyl sites for hydroxylation is 1. The quantitative estimate of drug-likeness (QED) is 0.498. The molecule has 3 aromatic rings. The summed E-state index contributed by atoms with van der Waals surface area (Å²) < 4.78 is 2.63. The fourth-order valence-electron chi connectivity index (χ4n) is 2.22. The van der Waals surface area contributed by atoms with Crippen molar-refractivity contribution in [1.29, 1.82) is 0 Å². The van der Waals surface area contributed by atoms with E-state index in [4.69, 9.17) is 0 Å². The highest BCUT2D eigenvalue weighted by atomic mass is 32.2. The largest absolute Gasteiger partial charge is 0.351 e. The number of nitrogens with zero attached hydrogens (tertiary/aromatic N) is 6. The molecule has 3 rings (SSSR count). The van der Waals surface area contributed by atoms with Gasteiger partial charge in [0.2, 0.25) is 0 Å². The van der Waals surface area contributed by atoms with Gasteiger partial charge >= 0.3 is 0 Å². The molecule has 3 heterocycles. The van der Waals surface area contributed by atoms with Gasteiger partial charge in [-0.25, -0.2) is 9.50 Å². The summed E-state index contributed by atoms with van der Waals surface area (Å²) in [5.41, 5.74) is 1.28. The van der Waals surface area contributed by atoms with E-state index in [-0.39, 0.29) is 11.8 Å². The van der Waals surface area contributed by atoms with E-state index in [9.17, 15) is 4.79 Å². The maximum Gasteiger partial charge on any atom is 0.270 e. The standard InChI is InChI=1S/C15H19N7OS2/c1-9(2)12-7-11(19-14-17-8-18-22(12)14)13(23)16-5-4-6-24-15-21-20-10(3)25-15/h7-9H,4-6H2,1-3H3,(H,16,23). The minimum absolute atomic E-state index is 0.191. The van der Waals surface area contributed by atoms with Gasteiger partial charge in [-0.1, -0.05) is 36.9 Å². The van der Waals surface area contributed by atoms with Gasteiger partial charge in [-0.2, -0.15) is 10.1 Å². The van der Waals surface area contributed by atoms with Crippen LogP contribution in [0.2, 0.25) is 0 Å². The van der Waals surface area contributed by atoms with Crippen LogP contribution in [0.3, 0.4) is 0 Å². The van der Waals surface area contributed by atoms with Gasteiger partial charge in [0.25, 0.3) is 11.7 Å². The molecule has 0 saturated carbocycles. The fraction of sp³-hybridized carbons (Fsp3) is 0.467. The second-order valence-corrected chi connectivity index (χ2v) is 8.26. The first-order valence-corrected chi connectivity index (χ1v) is 9.76. The summed E-state index contributed by atoms with van der Waals surface area (Å²) in [7, 11) is 0. The molecule has 0 fully saturated rings. The summed E-state index contributed by atoms with van der Waals surface area (Å²) in [4.78, 5) is 20.7. The fourth-order valence-corrected chi connectivity index (χ4v) is 4.05. The van der Waals surface area contributed by atoms with Crippen LogP contribution in [0.25, 0.3) is 5.78 Å². The summed E-state index contributed by atoms with van der Waals surface area (Å²) in [5, 5.41) is 16.1. The second kappa shape index (κ2) is 7.87. The van der Waals surface area contributed by atoms with Gasteiger partial charge in [-0.05, 0) is 25.3 Å². The first-order chi connectivity index (χ1) is 12.0. The number of carbonyl (C=O) groups is 1. The van der Waals surface area contributed by atoms with Crippen LogP contribution < -0.4 is 5.32 Å². The number of thioether (sulfide) groups is 1. The minimum Gasteiger partial charge on any atom is -0.351 e. The van der Waals surface area contributed by atoms with Crippen molar-refractivity contribution in [3.05, 3.63) is 28.8 Å². The van der Waals surface area contributed by atoms with E-state index in [1.54, 1.807) is 33.7 Å². The molecular formula is C15H19N7OS2.